The van der Waals surface area contributed by atoms with Gasteiger partial charge in [0.15, 0.2) is 5.82 Å². The van der Waals surface area contributed by atoms with E-state index in [1.54, 1.807) is 0 Å². The lowest BCUT2D eigenvalue weighted by atomic mass is 10.4. The predicted molar refractivity (Wildman–Crippen MR) is 29.6 cm³/mol. The van der Waals surface area contributed by atoms with Crippen LogP contribution in [0.1, 0.15) is 5.56 Å². The van der Waals surface area contributed by atoms with Crippen molar-refractivity contribution >= 4 is 17.4 Å². The van der Waals surface area contributed by atoms with Crippen molar-refractivity contribution in [3.63, 3.8) is 0 Å². The minimum Gasteiger partial charge on any atom is -0.282 e. The first-order valence-electron chi connectivity index (χ1n) is 1.93. The van der Waals surface area contributed by atoms with E-state index in [2.05, 4.69) is 4.37 Å². The van der Waals surface area contributed by atoms with Crippen LogP contribution < -0.4 is 5.73 Å². The zero-order chi connectivity index (χ0) is 5.28. The topological polar surface area (TPSA) is 36.7 Å². The van der Waals surface area contributed by atoms with Crippen molar-refractivity contribution in [1.29, 1.82) is 0 Å². The normalized spacial score (nSPS) is 9.29. The Bertz CT molecular complexity index is 142. The molecule has 0 unspecified atom stereocenters. The lowest BCUT2D eigenvalue weighted by Gasteiger charge is -1.76. The molecule has 7 heavy (non-hydrogen) atoms. The maximum absolute atomic E-state index is 7.00. The fourth-order valence-corrected chi connectivity index (χ4v) is 0.858. The monoisotopic (exact) mass is 113 g/mol. The Labute approximate surface area is 46.1 Å². The van der Waals surface area contributed by atoms with E-state index in [0.717, 1.165) is 5.56 Å². The van der Waals surface area contributed by atoms with Gasteiger partial charge in [-0.25, -0.2) is 0 Å². The van der Waals surface area contributed by atoms with Gasteiger partial charge in [0.05, 0.1) is 0 Å². The van der Waals surface area contributed by atoms with Gasteiger partial charge in [0, 0.05) is 10.9 Å². The van der Waals surface area contributed by atoms with Crippen molar-refractivity contribution in [2.75, 3.05) is 0 Å². The summed E-state index contributed by atoms with van der Waals surface area (Å²) in [5.41, 5.74) is 7.96. The molecule has 0 aliphatic heterocycles. The van der Waals surface area contributed by atoms with E-state index in [9.17, 15) is 0 Å². The highest BCUT2D eigenvalue weighted by Gasteiger charge is 1.91. The van der Waals surface area contributed by atoms with Gasteiger partial charge in [-0.15, -0.1) is 0 Å². The number of aryl methyl sites for hydroxylation is 1. The number of aromatic nitrogens is 1. The van der Waals surface area contributed by atoms with E-state index in [-0.39, 0.29) is 0 Å². The molecule has 1 N–H and O–H groups in total. The second kappa shape index (κ2) is 1.50. The van der Waals surface area contributed by atoms with Crippen LogP contribution in [0.4, 0.5) is 5.82 Å². The van der Waals surface area contributed by atoms with Gasteiger partial charge in [-0.05, 0) is 18.5 Å². The van der Waals surface area contributed by atoms with E-state index < -0.39 is 0 Å². The fraction of sp³-hybridized carbons (Fsp3) is 0.250. The molecule has 1 rings (SSSR count). The quantitative estimate of drug-likeness (QED) is 0.500. The largest absolute Gasteiger partial charge is 0.282 e. The molecule has 2 nitrogen and oxygen atoms in total. The van der Waals surface area contributed by atoms with Crippen LogP contribution in [0.25, 0.3) is 0 Å². The summed E-state index contributed by atoms with van der Waals surface area (Å²) in [6.07, 6.45) is 0. The molecule has 1 aromatic heterocycles. The molecule has 0 aliphatic carbocycles. The van der Waals surface area contributed by atoms with Crippen LogP contribution in [0.3, 0.4) is 0 Å². The molecule has 1 heterocycles. The number of nitrogens with one attached hydrogen (secondary N) is 1. The number of nitrogens with zero attached hydrogens (tertiary/aromatic N) is 1. The molecule has 3 heteroatoms. The summed E-state index contributed by atoms with van der Waals surface area (Å²) in [6, 6.07) is 0. The van der Waals surface area contributed by atoms with Crippen molar-refractivity contribution in [3.05, 3.63) is 10.9 Å². The standard InChI is InChI=1S/C4H5N2S/c1-3-2-7-6-4(3)5/h2,5H,1H3. The number of hydrogen-bond donors (Lipinski definition) is 0. The van der Waals surface area contributed by atoms with Crippen molar-refractivity contribution in [2.24, 2.45) is 0 Å². The van der Waals surface area contributed by atoms with E-state index in [1.165, 1.54) is 11.5 Å². The molecule has 1 radical (unpaired) electrons. The van der Waals surface area contributed by atoms with Gasteiger partial charge in [-0.1, -0.05) is 0 Å². The predicted octanol–water partition coefficient (Wildman–Crippen LogP) is 1.37. The zero-order valence-corrected chi connectivity index (χ0v) is 4.75. The summed E-state index contributed by atoms with van der Waals surface area (Å²) >= 11 is 1.33. The molecule has 37 valence electrons. The minimum absolute atomic E-state index is 0.407. The summed E-state index contributed by atoms with van der Waals surface area (Å²) in [5.74, 6) is 0.407. The Kier molecular flexibility index (Phi) is 0.982. The molecule has 0 fully saturated rings. The third-order valence-electron chi connectivity index (χ3n) is 0.747. The van der Waals surface area contributed by atoms with Crippen LogP contribution in [0.5, 0.6) is 0 Å². The second-order valence-electron chi connectivity index (χ2n) is 1.35. The van der Waals surface area contributed by atoms with Crippen LogP contribution >= 0.6 is 11.5 Å². The van der Waals surface area contributed by atoms with Crippen molar-refractivity contribution < 1.29 is 0 Å². The van der Waals surface area contributed by atoms with Crippen molar-refractivity contribution in [3.8, 4) is 0 Å². The SMILES string of the molecule is Cc1csnc1[NH]. The van der Waals surface area contributed by atoms with E-state index in [4.69, 9.17) is 5.73 Å². The summed E-state index contributed by atoms with van der Waals surface area (Å²) in [7, 11) is 0. The third kappa shape index (κ3) is 0.718. The highest BCUT2D eigenvalue weighted by molar-refractivity contribution is 7.04. The summed E-state index contributed by atoms with van der Waals surface area (Å²) in [6.45, 7) is 1.88. The first kappa shape index (κ1) is 4.59. The Morgan fingerprint density at radius 3 is 2.71 bits per heavy atom. The van der Waals surface area contributed by atoms with E-state index in [0.29, 0.717) is 5.82 Å². The summed E-state index contributed by atoms with van der Waals surface area (Å²) in [5, 5.41) is 1.86. The molecule has 0 aromatic carbocycles. The van der Waals surface area contributed by atoms with Gasteiger partial charge in [0.1, 0.15) is 0 Å². The smallest absolute Gasteiger partial charge is 0.161 e. The fourth-order valence-electron chi connectivity index (χ4n) is 0.286. The van der Waals surface area contributed by atoms with Crippen LogP contribution in [-0.4, -0.2) is 4.37 Å². The summed E-state index contributed by atoms with van der Waals surface area (Å²) < 4.78 is 3.72. The molecule has 0 bridgehead atoms. The molecule has 0 aliphatic rings. The molecule has 0 saturated carbocycles. The van der Waals surface area contributed by atoms with Gasteiger partial charge >= 0.3 is 0 Å². The Balaban J connectivity index is 3.12. The van der Waals surface area contributed by atoms with Gasteiger partial charge < -0.3 is 0 Å². The Morgan fingerprint density at radius 2 is 2.57 bits per heavy atom. The van der Waals surface area contributed by atoms with Crippen molar-refractivity contribution in [1.82, 2.24) is 10.1 Å². The van der Waals surface area contributed by atoms with Gasteiger partial charge in [0.2, 0.25) is 0 Å². The molecule has 0 saturated heterocycles. The van der Waals surface area contributed by atoms with E-state index >= 15 is 0 Å². The van der Waals surface area contributed by atoms with Gasteiger partial charge in [0.25, 0.3) is 0 Å². The number of rotatable bonds is 0. The molecule has 0 spiro atoms. The third-order valence-corrected chi connectivity index (χ3v) is 1.49. The first-order chi connectivity index (χ1) is 3.30. The maximum atomic E-state index is 7.00. The minimum atomic E-state index is 0.407. The average Bonchev–Trinajstić information content (AvgIpc) is 1.91. The lowest BCUT2D eigenvalue weighted by molar-refractivity contribution is 1.33. The first-order valence-corrected chi connectivity index (χ1v) is 2.77. The molecule has 1 aromatic rings. The lowest BCUT2D eigenvalue weighted by Crippen LogP contribution is -1.67. The second-order valence-corrected chi connectivity index (χ2v) is 1.98. The number of hydrogen-bond acceptors (Lipinski definition) is 2. The van der Waals surface area contributed by atoms with Crippen LogP contribution in [0.15, 0.2) is 5.38 Å². The van der Waals surface area contributed by atoms with Gasteiger partial charge in [-0.3, -0.25) is 5.73 Å². The molecular weight excluding hydrogens is 108 g/mol. The average molecular weight is 113 g/mol. The van der Waals surface area contributed by atoms with Crippen LogP contribution in [-0.2, 0) is 0 Å². The Morgan fingerprint density at radius 1 is 1.86 bits per heavy atom. The maximum Gasteiger partial charge on any atom is 0.161 e. The van der Waals surface area contributed by atoms with Crippen LogP contribution in [0, 0.1) is 6.92 Å². The van der Waals surface area contributed by atoms with Crippen molar-refractivity contribution in [2.45, 2.75) is 6.92 Å². The van der Waals surface area contributed by atoms with Crippen LogP contribution in [0.2, 0.25) is 0 Å². The Hall–Kier alpha value is -0.570. The summed E-state index contributed by atoms with van der Waals surface area (Å²) in [4.78, 5) is 0. The molecule has 0 atom stereocenters. The van der Waals surface area contributed by atoms with Gasteiger partial charge in [-0.2, -0.15) is 4.37 Å². The zero-order valence-electron chi connectivity index (χ0n) is 3.93. The van der Waals surface area contributed by atoms with E-state index in [1.807, 2.05) is 12.3 Å². The highest BCUT2D eigenvalue weighted by atomic mass is 32.1. The highest BCUT2D eigenvalue weighted by Crippen LogP contribution is 2.10. The molecular formula is C4H5N2S. The molecule has 0 amide bonds.